The van der Waals surface area contributed by atoms with Crippen LogP contribution in [0.3, 0.4) is 0 Å². The van der Waals surface area contributed by atoms with Crippen molar-refractivity contribution >= 4 is 26.0 Å². The van der Waals surface area contributed by atoms with E-state index in [-0.39, 0.29) is 11.4 Å². The number of aromatic nitrogens is 4. The largest absolute Gasteiger partial charge is 0.272 e. The number of sulfonamides is 1. The van der Waals surface area contributed by atoms with E-state index in [4.69, 9.17) is 0 Å². The summed E-state index contributed by atoms with van der Waals surface area (Å²) in [6.07, 6.45) is 3.02. The Hall–Kier alpha value is -1.19. The zero-order valence-corrected chi connectivity index (χ0v) is 14.1. The van der Waals surface area contributed by atoms with Gasteiger partial charge in [0.15, 0.2) is 0 Å². The predicted octanol–water partition coefficient (Wildman–Crippen LogP) is 1.05. The molecule has 0 saturated heterocycles. The van der Waals surface area contributed by atoms with Crippen LogP contribution in [-0.4, -0.2) is 39.3 Å². The topological polar surface area (TPSA) is 73.0 Å². The summed E-state index contributed by atoms with van der Waals surface area (Å²) >= 11 is 3.37. The van der Waals surface area contributed by atoms with Gasteiger partial charge in [0.1, 0.15) is 4.90 Å². The van der Waals surface area contributed by atoms with E-state index < -0.39 is 10.0 Å². The van der Waals surface area contributed by atoms with Crippen LogP contribution in [0.1, 0.15) is 11.4 Å². The van der Waals surface area contributed by atoms with Gasteiger partial charge in [-0.25, -0.2) is 8.42 Å². The number of nitrogens with zero attached hydrogens (tertiary/aromatic N) is 5. The lowest BCUT2D eigenvalue weighted by atomic mass is 10.4. The number of hydrogen-bond donors (Lipinski definition) is 0. The van der Waals surface area contributed by atoms with Crippen LogP contribution < -0.4 is 0 Å². The van der Waals surface area contributed by atoms with Gasteiger partial charge in [0.2, 0.25) is 10.0 Å². The van der Waals surface area contributed by atoms with Crippen molar-refractivity contribution in [3.8, 4) is 0 Å². The second kappa shape index (κ2) is 5.30. The Kier molecular flexibility index (Phi) is 4.03. The Morgan fingerprint density at radius 2 is 1.85 bits per heavy atom. The third kappa shape index (κ3) is 2.52. The lowest BCUT2D eigenvalue weighted by Crippen LogP contribution is -2.28. The molecule has 0 bridgehead atoms. The van der Waals surface area contributed by atoms with E-state index in [1.54, 1.807) is 43.6 Å². The highest BCUT2D eigenvalue weighted by molar-refractivity contribution is 9.10. The molecular weight excluding hydrogens is 346 g/mol. The van der Waals surface area contributed by atoms with E-state index in [1.165, 1.54) is 10.5 Å². The van der Waals surface area contributed by atoms with Gasteiger partial charge in [0, 0.05) is 21.1 Å². The van der Waals surface area contributed by atoms with E-state index in [1.807, 2.05) is 0 Å². The first-order valence-corrected chi connectivity index (χ1v) is 8.09. The van der Waals surface area contributed by atoms with Gasteiger partial charge < -0.3 is 0 Å². The van der Waals surface area contributed by atoms with E-state index in [9.17, 15) is 8.42 Å². The average molecular weight is 362 g/mol. The van der Waals surface area contributed by atoms with Gasteiger partial charge in [0.25, 0.3) is 0 Å². The summed E-state index contributed by atoms with van der Waals surface area (Å²) in [5.41, 5.74) is 1.40. The molecule has 0 amide bonds. The monoisotopic (exact) mass is 361 g/mol. The summed E-state index contributed by atoms with van der Waals surface area (Å²) in [4.78, 5) is 0.223. The average Bonchev–Trinajstić information content (AvgIpc) is 2.87. The maximum Gasteiger partial charge on any atom is 0.246 e. The van der Waals surface area contributed by atoms with Crippen molar-refractivity contribution in [1.29, 1.82) is 0 Å². The molecule has 2 aromatic rings. The lowest BCUT2D eigenvalue weighted by molar-refractivity contribution is 0.451. The molecular formula is C11H16BrN5O2S. The molecule has 0 unspecified atom stereocenters. The highest BCUT2D eigenvalue weighted by Gasteiger charge is 2.26. The van der Waals surface area contributed by atoms with Crippen LogP contribution >= 0.6 is 15.9 Å². The fraction of sp³-hybridized carbons (Fsp3) is 0.455. The SMILES string of the molecule is Cc1c(S(=O)(=O)N(C)Cc2c(Br)cnn2C)cnn1C. The van der Waals surface area contributed by atoms with E-state index in [0.29, 0.717) is 5.69 Å². The summed E-state index contributed by atoms with van der Waals surface area (Å²) in [6.45, 7) is 1.96. The molecule has 0 N–H and O–H groups in total. The summed E-state index contributed by atoms with van der Waals surface area (Å²) in [5.74, 6) is 0. The maximum atomic E-state index is 12.5. The van der Waals surface area contributed by atoms with Gasteiger partial charge in [-0.05, 0) is 22.9 Å². The molecule has 9 heteroatoms. The van der Waals surface area contributed by atoms with Crippen molar-refractivity contribution in [1.82, 2.24) is 23.9 Å². The molecule has 0 aliphatic heterocycles. The molecule has 2 rings (SSSR count). The highest BCUT2D eigenvalue weighted by Crippen LogP contribution is 2.22. The second-order valence-corrected chi connectivity index (χ2v) is 7.41. The molecule has 0 saturated carbocycles. The van der Waals surface area contributed by atoms with Crippen LogP contribution in [-0.2, 0) is 30.7 Å². The molecule has 2 aromatic heterocycles. The first-order valence-electron chi connectivity index (χ1n) is 5.86. The van der Waals surface area contributed by atoms with Crippen LogP contribution in [0.4, 0.5) is 0 Å². The molecule has 0 radical (unpaired) electrons. The van der Waals surface area contributed by atoms with Crippen molar-refractivity contribution in [2.75, 3.05) is 7.05 Å². The Morgan fingerprint density at radius 3 is 2.30 bits per heavy atom. The number of halogens is 1. The second-order valence-electron chi connectivity index (χ2n) is 4.54. The molecule has 20 heavy (non-hydrogen) atoms. The molecule has 0 atom stereocenters. The van der Waals surface area contributed by atoms with Gasteiger partial charge in [0.05, 0.1) is 34.8 Å². The Morgan fingerprint density at radius 1 is 1.25 bits per heavy atom. The fourth-order valence-electron chi connectivity index (χ4n) is 1.81. The molecule has 7 nitrogen and oxygen atoms in total. The van der Waals surface area contributed by atoms with Gasteiger partial charge in [-0.1, -0.05) is 0 Å². The van der Waals surface area contributed by atoms with E-state index in [0.717, 1.165) is 10.2 Å². The molecule has 0 fully saturated rings. The molecule has 110 valence electrons. The Labute approximate surface area is 126 Å². The van der Waals surface area contributed by atoms with Gasteiger partial charge in [-0.3, -0.25) is 9.36 Å². The molecule has 0 aliphatic rings. The van der Waals surface area contributed by atoms with Crippen LogP contribution in [0, 0.1) is 6.92 Å². The summed E-state index contributed by atoms with van der Waals surface area (Å²) < 4.78 is 30.3. The zero-order valence-electron chi connectivity index (χ0n) is 11.7. The van der Waals surface area contributed by atoms with E-state index >= 15 is 0 Å². The maximum absolute atomic E-state index is 12.5. The molecule has 2 heterocycles. The number of hydrogen-bond acceptors (Lipinski definition) is 4. The summed E-state index contributed by atoms with van der Waals surface area (Å²) in [5, 5.41) is 8.06. The fourth-order valence-corrected chi connectivity index (χ4v) is 3.60. The summed E-state index contributed by atoms with van der Waals surface area (Å²) in [7, 11) is 1.46. The van der Waals surface area contributed by atoms with Gasteiger partial charge in [-0.15, -0.1) is 0 Å². The number of aryl methyl sites for hydroxylation is 2. The standard InChI is InChI=1S/C11H16BrN5O2S/c1-8-11(6-14-16(8)3)20(18,19)15(2)7-10-9(12)5-13-17(10)4/h5-6H,7H2,1-4H3. The minimum absolute atomic E-state index is 0.223. The minimum atomic E-state index is -3.57. The third-order valence-corrected chi connectivity index (χ3v) is 5.83. The first-order chi connectivity index (χ1) is 9.25. The molecule has 0 aliphatic carbocycles. The van der Waals surface area contributed by atoms with Crippen LogP contribution in [0.25, 0.3) is 0 Å². The first kappa shape index (κ1) is 15.2. The van der Waals surface area contributed by atoms with Crippen LogP contribution in [0.5, 0.6) is 0 Å². The van der Waals surface area contributed by atoms with E-state index in [2.05, 4.69) is 26.1 Å². The molecule has 0 aromatic carbocycles. The zero-order chi connectivity index (χ0) is 15.1. The Balaban J connectivity index is 2.33. The number of rotatable bonds is 4. The van der Waals surface area contributed by atoms with Crippen LogP contribution in [0.15, 0.2) is 21.8 Å². The third-order valence-electron chi connectivity index (χ3n) is 3.26. The van der Waals surface area contributed by atoms with Crippen molar-refractivity contribution in [2.24, 2.45) is 14.1 Å². The smallest absolute Gasteiger partial charge is 0.246 e. The predicted molar refractivity (Wildman–Crippen MR) is 77.5 cm³/mol. The van der Waals surface area contributed by atoms with Crippen molar-refractivity contribution < 1.29 is 8.42 Å². The van der Waals surface area contributed by atoms with Crippen molar-refractivity contribution in [3.63, 3.8) is 0 Å². The normalized spacial score (nSPS) is 12.3. The lowest BCUT2D eigenvalue weighted by Gasteiger charge is -2.17. The highest BCUT2D eigenvalue weighted by atomic mass is 79.9. The Bertz CT molecular complexity index is 715. The van der Waals surface area contributed by atoms with Crippen LogP contribution in [0.2, 0.25) is 0 Å². The summed E-state index contributed by atoms with van der Waals surface area (Å²) in [6, 6.07) is 0. The minimum Gasteiger partial charge on any atom is -0.272 e. The van der Waals surface area contributed by atoms with Crippen molar-refractivity contribution in [2.45, 2.75) is 18.4 Å². The quantitative estimate of drug-likeness (QED) is 0.815. The van der Waals surface area contributed by atoms with Crippen molar-refractivity contribution in [3.05, 3.63) is 28.3 Å². The van der Waals surface area contributed by atoms with Gasteiger partial charge in [-0.2, -0.15) is 14.5 Å². The van der Waals surface area contributed by atoms with Gasteiger partial charge >= 0.3 is 0 Å². The molecule has 0 spiro atoms.